The second kappa shape index (κ2) is 5.39. The highest BCUT2D eigenvalue weighted by molar-refractivity contribution is 5.60. The van der Waals surface area contributed by atoms with Gasteiger partial charge in [0.1, 0.15) is 17.4 Å². The number of anilines is 1. The first-order valence-electron chi connectivity index (χ1n) is 6.57. The molecular weight excluding hydrogens is 227 g/mol. The maximum Gasteiger partial charge on any atom is 0.143 e. The van der Waals surface area contributed by atoms with E-state index in [2.05, 4.69) is 18.7 Å². The van der Waals surface area contributed by atoms with E-state index in [1.165, 1.54) is 6.07 Å². The van der Waals surface area contributed by atoms with Gasteiger partial charge >= 0.3 is 0 Å². The Morgan fingerprint density at radius 3 is 2.56 bits per heavy atom. The van der Waals surface area contributed by atoms with Crippen LogP contribution in [0.2, 0.25) is 0 Å². The van der Waals surface area contributed by atoms with Crippen molar-refractivity contribution in [1.82, 2.24) is 0 Å². The minimum atomic E-state index is -0.416. The monoisotopic (exact) mass is 246 g/mol. The summed E-state index contributed by atoms with van der Waals surface area (Å²) in [5, 5.41) is 9.05. The van der Waals surface area contributed by atoms with Gasteiger partial charge < -0.3 is 4.90 Å². The molecular formula is C15H19FN2. The average molecular weight is 246 g/mol. The highest BCUT2D eigenvalue weighted by Gasteiger charge is 2.23. The molecule has 0 amide bonds. The molecule has 1 aromatic carbocycles. The molecule has 1 aliphatic rings. The van der Waals surface area contributed by atoms with Crippen molar-refractivity contribution in [2.45, 2.75) is 26.7 Å². The molecule has 1 aliphatic heterocycles. The summed E-state index contributed by atoms with van der Waals surface area (Å²) in [5.41, 5.74) is 0.931. The number of halogens is 1. The Bertz CT molecular complexity index is 454. The Kier molecular flexibility index (Phi) is 3.86. The second-order valence-electron chi connectivity index (χ2n) is 5.31. The highest BCUT2D eigenvalue weighted by atomic mass is 19.1. The zero-order chi connectivity index (χ0) is 13.1. The van der Waals surface area contributed by atoms with Crippen molar-refractivity contribution in [2.24, 2.45) is 11.8 Å². The lowest BCUT2D eigenvalue weighted by Crippen LogP contribution is -2.35. The summed E-state index contributed by atoms with van der Waals surface area (Å²) in [5.74, 6) is 1.04. The fraction of sp³-hybridized carbons (Fsp3) is 0.533. The van der Waals surface area contributed by atoms with Crippen molar-refractivity contribution in [3.63, 3.8) is 0 Å². The average Bonchev–Trinajstić information content (AvgIpc) is 2.38. The summed E-state index contributed by atoms with van der Waals surface area (Å²) in [6, 6.07) is 6.85. The summed E-state index contributed by atoms with van der Waals surface area (Å²) in [6.07, 6.45) is 2.25. The van der Waals surface area contributed by atoms with Gasteiger partial charge in [0.15, 0.2) is 0 Å². The van der Waals surface area contributed by atoms with Crippen LogP contribution in [-0.4, -0.2) is 13.1 Å². The Hall–Kier alpha value is -1.56. The molecule has 18 heavy (non-hydrogen) atoms. The van der Waals surface area contributed by atoms with Crippen molar-refractivity contribution in [2.75, 3.05) is 18.0 Å². The lowest BCUT2D eigenvalue weighted by Gasteiger charge is -2.35. The number of hydrogen-bond acceptors (Lipinski definition) is 2. The largest absolute Gasteiger partial charge is 0.370 e. The van der Waals surface area contributed by atoms with Gasteiger partial charge in [-0.15, -0.1) is 0 Å². The van der Waals surface area contributed by atoms with Crippen LogP contribution in [0.5, 0.6) is 0 Å². The fourth-order valence-electron chi connectivity index (χ4n) is 2.69. The van der Waals surface area contributed by atoms with Crippen molar-refractivity contribution in [1.29, 1.82) is 5.26 Å². The minimum absolute atomic E-state index is 0.181. The van der Waals surface area contributed by atoms with E-state index in [0.717, 1.165) is 37.5 Å². The van der Waals surface area contributed by atoms with Gasteiger partial charge in [-0.3, -0.25) is 0 Å². The van der Waals surface area contributed by atoms with Crippen LogP contribution >= 0.6 is 0 Å². The first kappa shape index (κ1) is 12.9. The molecule has 0 aromatic heterocycles. The number of piperidine rings is 1. The molecule has 2 rings (SSSR count). The normalized spacial score (nSPS) is 16.9. The highest BCUT2D eigenvalue weighted by Crippen LogP contribution is 2.30. The standard InChI is InChI=1S/C15H19FN2/c1-11(2)12-6-8-18(9-7-12)15-5-3-4-14(16)13(15)10-17/h3-5,11-12H,6-9H2,1-2H3. The third-order valence-corrected chi connectivity index (χ3v) is 3.93. The van der Waals surface area contributed by atoms with Crippen LogP contribution in [-0.2, 0) is 0 Å². The molecule has 3 heteroatoms. The Balaban J connectivity index is 2.15. The minimum Gasteiger partial charge on any atom is -0.370 e. The molecule has 0 spiro atoms. The smallest absolute Gasteiger partial charge is 0.143 e. The van der Waals surface area contributed by atoms with Gasteiger partial charge in [-0.25, -0.2) is 4.39 Å². The Labute approximate surface area is 108 Å². The number of hydrogen-bond donors (Lipinski definition) is 0. The van der Waals surface area contributed by atoms with Gasteiger partial charge in [-0.2, -0.15) is 5.26 Å². The molecule has 1 saturated heterocycles. The van der Waals surface area contributed by atoms with E-state index in [1.54, 1.807) is 6.07 Å². The van der Waals surface area contributed by atoms with Crippen LogP contribution in [0.3, 0.4) is 0 Å². The predicted octanol–water partition coefficient (Wildman–Crippen LogP) is 3.57. The Morgan fingerprint density at radius 2 is 2.00 bits per heavy atom. The maximum atomic E-state index is 13.6. The SMILES string of the molecule is CC(C)C1CCN(c2cccc(F)c2C#N)CC1. The molecule has 0 atom stereocenters. The molecule has 0 saturated carbocycles. The molecule has 0 bridgehead atoms. The van der Waals surface area contributed by atoms with Gasteiger partial charge in [-0.05, 0) is 36.8 Å². The maximum absolute atomic E-state index is 13.6. The van der Waals surface area contributed by atoms with Crippen molar-refractivity contribution >= 4 is 5.69 Å². The summed E-state index contributed by atoms with van der Waals surface area (Å²) < 4.78 is 13.6. The first-order valence-corrected chi connectivity index (χ1v) is 6.57. The van der Waals surface area contributed by atoms with Crippen molar-refractivity contribution in [3.8, 4) is 6.07 Å². The molecule has 1 heterocycles. The Morgan fingerprint density at radius 1 is 1.33 bits per heavy atom. The van der Waals surface area contributed by atoms with E-state index in [9.17, 15) is 4.39 Å². The van der Waals surface area contributed by atoms with Gasteiger partial charge in [-0.1, -0.05) is 19.9 Å². The summed E-state index contributed by atoms with van der Waals surface area (Å²) >= 11 is 0. The lowest BCUT2D eigenvalue weighted by molar-refractivity contribution is 0.311. The molecule has 0 N–H and O–H groups in total. The van der Waals surface area contributed by atoms with E-state index < -0.39 is 5.82 Å². The summed E-state index contributed by atoms with van der Waals surface area (Å²) in [4.78, 5) is 2.14. The third-order valence-electron chi connectivity index (χ3n) is 3.93. The van der Waals surface area contributed by atoms with Crippen molar-refractivity contribution < 1.29 is 4.39 Å². The van der Waals surface area contributed by atoms with Crippen LogP contribution in [0.1, 0.15) is 32.3 Å². The second-order valence-corrected chi connectivity index (χ2v) is 5.31. The molecule has 2 nitrogen and oxygen atoms in total. The van der Waals surface area contributed by atoms with E-state index in [1.807, 2.05) is 12.1 Å². The number of nitrogens with zero attached hydrogens (tertiary/aromatic N) is 2. The van der Waals surface area contributed by atoms with E-state index in [-0.39, 0.29) is 5.56 Å². The molecule has 1 fully saturated rings. The van der Waals surface area contributed by atoms with Crippen LogP contribution in [0.15, 0.2) is 18.2 Å². The van der Waals surface area contributed by atoms with E-state index >= 15 is 0 Å². The van der Waals surface area contributed by atoms with Crippen LogP contribution in [0, 0.1) is 29.0 Å². The van der Waals surface area contributed by atoms with Gasteiger partial charge in [0.05, 0.1) is 5.69 Å². The van der Waals surface area contributed by atoms with E-state index in [0.29, 0.717) is 5.92 Å². The summed E-state index contributed by atoms with van der Waals surface area (Å²) in [7, 11) is 0. The number of benzene rings is 1. The predicted molar refractivity (Wildman–Crippen MR) is 70.9 cm³/mol. The van der Waals surface area contributed by atoms with Crippen LogP contribution in [0.4, 0.5) is 10.1 Å². The van der Waals surface area contributed by atoms with Gasteiger partial charge in [0.25, 0.3) is 0 Å². The van der Waals surface area contributed by atoms with Crippen LogP contribution in [0.25, 0.3) is 0 Å². The van der Waals surface area contributed by atoms with Crippen LogP contribution < -0.4 is 4.90 Å². The van der Waals surface area contributed by atoms with Gasteiger partial charge in [0, 0.05) is 13.1 Å². The summed E-state index contributed by atoms with van der Waals surface area (Å²) in [6.45, 7) is 6.34. The lowest BCUT2D eigenvalue weighted by atomic mass is 9.86. The first-order chi connectivity index (χ1) is 8.63. The fourth-order valence-corrected chi connectivity index (χ4v) is 2.69. The number of nitriles is 1. The number of rotatable bonds is 2. The topological polar surface area (TPSA) is 27.0 Å². The zero-order valence-electron chi connectivity index (χ0n) is 11.0. The molecule has 0 aliphatic carbocycles. The zero-order valence-corrected chi connectivity index (χ0v) is 11.0. The van der Waals surface area contributed by atoms with Crippen molar-refractivity contribution in [3.05, 3.63) is 29.6 Å². The molecule has 0 unspecified atom stereocenters. The molecule has 1 aromatic rings. The quantitative estimate of drug-likeness (QED) is 0.797. The molecule has 96 valence electrons. The third kappa shape index (κ3) is 2.48. The van der Waals surface area contributed by atoms with E-state index in [4.69, 9.17) is 5.26 Å². The molecule has 0 radical (unpaired) electrons. The van der Waals surface area contributed by atoms with Gasteiger partial charge in [0.2, 0.25) is 0 Å².